The zero-order valence-corrected chi connectivity index (χ0v) is 24.5. The molecule has 2 aliphatic rings. The number of rotatable bonds is 8. The fraction of sp³-hybridized carbons (Fsp3) is 0.286. The van der Waals surface area contributed by atoms with E-state index in [0.29, 0.717) is 28.9 Å². The molecule has 0 N–H and O–H groups in total. The molecular formula is C35H33NO7. The molecule has 0 atom stereocenters. The minimum absolute atomic E-state index is 0.0589. The van der Waals surface area contributed by atoms with Crippen molar-refractivity contribution in [3.05, 3.63) is 104 Å². The molecule has 220 valence electrons. The van der Waals surface area contributed by atoms with Gasteiger partial charge in [-0.1, -0.05) is 74.0 Å². The van der Waals surface area contributed by atoms with Crippen molar-refractivity contribution in [2.75, 3.05) is 14.2 Å². The van der Waals surface area contributed by atoms with Crippen LogP contribution in [0, 0.1) is 0 Å². The smallest absolute Gasteiger partial charge is 0.339 e. The fourth-order valence-corrected chi connectivity index (χ4v) is 6.33. The topological polar surface area (TPSA) is 93.1 Å². The van der Waals surface area contributed by atoms with Gasteiger partial charge in [-0.05, 0) is 34.2 Å². The molecule has 2 aliphatic heterocycles. The van der Waals surface area contributed by atoms with E-state index in [1.54, 1.807) is 4.57 Å². The van der Waals surface area contributed by atoms with E-state index < -0.39 is 11.9 Å². The number of hydrogen-bond acceptors (Lipinski definition) is 7. The summed E-state index contributed by atoms with van der Waals surface area (Å²) in [5.41, 5.74) is 6.86. The second kappa shape index (κ2) is 12.0. The molecule has 6 rings (SSSR count). The number of carbonyl (C=O) groups is 2. The van der Waals surface area contributed by atoms with E-state index in [9.17, 15) is 14.4 Å². The monoisotopic (exact) mass is 579 g/mol. The van der Waals surface area contributed by atoms with Crippen molar-refractivity contribution in [3.63, 3.8) is 0 Å². The number of unbranched alkanes of at least 4 members (excludes halogenated alkanes) is 1. The minimum Gasteiger partial charge on any atom is -0.465 e. The van der Waals surface area contributed by atoms with Crippen molar-refractivity contribution >= 4 is 11.9 Å². The molecule has 43 heavy (non-hydrogen) atoms. The first-order valence-corrected chi connectivity index (χ1v) is 14.4. The van der Waals surface area contributed by atoms with Crippen LogP contribution in [-0.4, -0.2) is 30.7 Å². The molecule has 0 aliphatic carbocycles. The summed E-state index contributed by atoms with van der Waals surface area (Å²) in [5.74, 6) is -1.37. The average molecular weight is 580 g/mol. The number of nitrogens with zero attached hydrogens (tertiary/aromatic N) is 1. The Balaban J connectivity index is 1.80. The van der Waals surface area contributed by atoms with Crippen LogP contribution in [0.4, 0.5) is 0 Å². The summed E-state index contributed by atoms with van der Waals surface area (Å²) in [6.45, 7) is 3.43. The number of aromatic nitrogens is 1. The standard InChI is InChI=1S/C35H33NO7/c1-4-5-16-36-32(26-20-43-19-25(26)28(33(36)37)22-14-10-7-11-15-22)29-24-18-42-17-23(24)27(21-12-8-6-9-13-21)30(34(38)40-2)31(29)35(39)41-3/h6-15H,4-5,16-20H2,1-3H3. The molecular weight excluding hydrogens is 546 g/mol. The maximum absolute atomic E-state index is 14.5. The van der Waals surface area contributed by atoms with Crippen molar-refractivity contribution < 1.29 is 28.5 Å². The summed E-state index contributed by atoms with van der Waals surface area (Å²) in [6, 6.07) is 19.0. The van der Waals surface area contributed by atoms with E-state index in [1.165, 1.54) is 14.2 Å². The molecule has 0 fully saturated rings. The van der Waals surface area contributed by atoms with E-state index in [4.69, 9.17) is 18.9 Å². The van der Waals surface area contributed by atoms with Gasteiger partial charge in [-0.25, -0.2) is 9.59 Å². The van der Waals surface area contributed by atoms with Gasteiger partial charge >= 0.3 is 11.9 Å². The van der Waals surface area contributed by atoms with Gasteiger partial charge in [0, 0.05) is 23.2 Å². The molecule has 0 radical (unpaired) electrons. The van der Waals surface area contributed by atoms with Crippen molar-refractivity contribution in [1.29, 1.82) is 0 Å². The molecule has 0 saturated heterocycles. The Labute approximate surface area is 249 Å². The minimum atomic E-state index is -0.698. The fourth-order valence-electron chi connectivity index (χ4n) is 6.33. The first-order chi connectivity index (χ1) is 21.0. The third kappa shape index (κ3) is 4.76. The molecule has 8 heteroatoms. The highest BCUT2D eigenvalue weighted by molar-refractivity contribution is 6.13. The lowest BCUT2D eigenvalue weighted by molar-refractivity contribution is 0.0556. The lowest BCUT2D eigenvalue weighted by Crippen LogP contribution is -2.28. The van der Waals surface area contributed by atoms with E-state index >= 15 is 0 Å². The van der Waals surface area contributed by atoms with Crippen LogP contribution in [0.15, 0.2) is 65.5 Å². The van der Waals surface area contributed by atoms with Gasteiger partial charge in [0.05, 0.1) is 63.0 Å². The van der Waals surface area contributed by atoms with E-state index in [-0.39, 0.29) is 43.1 Å². The first-order valence-electron chi connectivity index (χ1n) is 14.4. The van der Waals surface area contributed by atoms with E-state index in [1.807, 2.05) is 60.7 Å². The third-order valence-corrected chi connectivity index (χ3v) is 8.26. The predicted octanol–water partition coefficient (Wildman–Crippen LogP) is 6.28. The second-order valence-corrected chi connectivity index (χ2v) is 10.6. The highest BCUT2D eigenvalue weighted by Crippen LogP contribution is 2.46. The maximum Gasteiger partial charge on any atom is 0.339 e. The molecule has 1 aromatic heterocycles. The first kappa shape index (κ1) is 28.6. The number of carbonyl (C=O) groups excluding carboxylic acids is 2. The van der Waals surface area contributed by atoms with Gasteiger partial charge in [-0.15, -0.1) is 0 Å². The normalized spacial score (nSPS) is 13.5. The van der Waals surface area contributed by atoms with Gasteiger partial charge < -0.3 is 23.5 Å². The van der Waals surface area contributed by atoms with Gasteiger partial charge in [0.15, 0.2) is 0 Å². The number of esters is 2. The summed E-state index contributed by atoms with van der Waals surface area (Å²) in [7, 11) is 2.58. The van der Waals surface area contributed by atoms with Crippen molar-refractivity contribution in [1.82, 2.24) is 4.57 Å². The summed E-state index contributed by atoms with van der Waals surface area (Å²) in [4.78, 5) is 42.0. The molecule has 3 heterocycles. The quantitative estimate of drug-likeness (QED) is 0.227. The molecule has 4 aromatic rings. The largest absolute Gasteiger partial charge is 0.465 e. The van der Waals surface area contributed by atoms with Crippen LogP contribution >= 0.6 is 0 Å². The zero-order chi connectivity index (χ0) is 30.1. The van der Waals surface area contributed by atoms with Crippen LogP contribution in [0.2, 0.25) is 0 Å². The molecule has 3 aromatic carbocycles. The molecule has 0 bridgehead atoms. The van der Waals surface area contributed by atoms with Crippen LogP contribution in [0.5, 0.6) is 0 Å². The number of hydrogen-bond donors (Lipinski definition) is 0. The highest BCUT2D eigenvalue weighted by Gasteiger charge is 2.38. The van der Waals surface area contributed by atoms with Crippen molar-refractivity contribution in [2.45, 2.75) is 52.7 Å². The molecule has 0 unspecified atom stereocenters. The highest BCUT2D eigenvalue weighted by atomic mass is 16.5. The van der Waals surface area contributed by atoms with Crippen LogP contribution in [0.1, 0.15) is 62.7 Å². The van der Waals surface area contributed by atoms with E-state index in [2.05, 4.69) is 6.92 Å². The zero-order valence-electron chi connectivity index (χ0n) is 24.5. The number of benzene rings is 3. The Morgan fingerprint density at radius 2 is 1.16 bits per heavy atom. The van der Waals surface area contributed by atoms with Crippen LogP contribution in [0.3, 0.4) is 0 Å². The maximum atomic E-state index is 14.5. The Kier molecular flexibility index (Phi) is 7.97. The number of fused-ring (bicyclic) bond motifs is 2. The Hall–Kier alpha value is -4.53. The molecule has 0 amide bonds. The van der Waals surface area contributed by atoms with Gasteiger partial charge in [0.1, 0.15) is 0 Å². The predicted molar refractivity (Wildman–Crippen MR) is 162 cm³/mol. The average Bonchev–Trinajstić information content (AvgIpc) is 3.73. The van der Waals surface area contributed by atoms with Crippen LogP contribution < -0.4 is 5.56 Å². The van der Waals surface area contributed by atoms with Crippen molar-refractivity contribution in [2.24, 2.45) is 0 Å². The van der Waals surface area contributed by atoms with Gasteiger partial charge in [0.25, 0.3) is 5.56 Å². The Morgan fingerprint density at radius 1 is 0.698 bits per heavy atom. The summed E-state index contributed by atoms with van der Waals surface area (Å²) in [6.07, 6.45) is 1.59. The summed E-state index contributed by atoms with van der Waals surface area (Å²) < 4.78 is 24.4. The lowest BCUT2D eigenvalue weighted by atomic mass is 9.81. The summed E-state index contributed by atoms with van der Waals surface area (Å²) in [5, 5.41) is 0. The number of pyridine rings is 1. The van der Waals surface area contributed by atoms with Crippen LogP contribution in [0.25, 0.3) is 33.5 Å². The van der Waals surface area contributed by atoms with Gasteiger partial charge in [0.2, 0.25) is 0 Å². The Morgan fingerprint density at radius 3 is 1.70 bits per heavy atom. The molecule has 0 saturated carbocycles. The van der Waals surface area contributed by atoms with E-state index in [0.717, 1.165) is 46.2 Å². The SMILES string of the molecule is CCCCn1c(-c2c3c(c(-c4ccccc4)c(C(=O)OC)c2C(=O)OC)COC3)c2c(c(-c3ccccc3)c1=O)COC2. The number of methoxy groups -OCH3 is 2. The Bertz CT molecular complexity index is 1770. The van der Waals surface area contributed by atoms with Crippen molar-refractivity contribution in [3.8, 4) is 33.5 Å². The second-order valence-electron chi connectivity index (χ2n) is 10.6. The lowest BCUT2D eigenvalue weighted by Gasteiger charge is -2.25. The molecule has 8 nitrogen and oxygen atoms in total. The van der Waals surface area contributed by atoms with Gasteiger partial charge in [-0.2, -0.15) is 0 Å². The van der Waals surface area contributed by atoms with Gasteiger partial charge in [-0.3, -0.25) is 4.79 Å². The third-order valence-electron chi connectivity index (χ3n) is 8.26. The van der Waals surface area contributed by atoms with Crippen LogP contribution in [-0.2, 0) is 51.9 Å². The number of ether oxygens (including phenoxy) is 4. The molecule has 0 spiro atoms. The summed E-state index contributed by atoms with van der Waals surface area (Å²) >= 11 is 0.